The van der Waals surface area contributed by atoms with E-state index in [0.717, 1.165) is 5.56 Å². The van der Waals surface area contributed by atoms with Crippen molar-refractivity contribution in [3.8, 4) is 0 Å². The highest BCUT2D eigenvalue weighted by molar-refractivity contribution is 5.89. The van der Waals surface area contributed by atoms with Crippen molar-refractivity contribution in [2.24, 2.45) is 0 Å². The highest BCUT2D eigenvalue weighted by Gasteiger charge is 2.36. The zero-order valence-electron chi connectivity index (χ0n) is 14.7. The Balaban J connectivity index is 1.37. The van der Waals surface area contributed by atoms with Crippen molar-refractivity contribution < 1.29 is 28.7 Å². The molecule has 1 fully saturated rings. The maximum absolute atomic E-state index is 12.2. The summed E-state index contributed by atoms with van der Waals surface area (Å²) in [7, 11) is 0. The molecule has 0 aromatic heterocycles. The van der Waals surface area contributed by atoms with Gasteiger partial charge in [0.2, 0.25) is 6.29 Å². The Hall–Kier alpha value is -3.07. The van der Waals surface area contributed by atoms with E-state index in [-0.39, 0.29) is 17.4 Å². The summed E-state index contributed by atoms with van der Waals surface area (Å²) in [6.45, 7) is 0.292. The molecule has 0 spiro atoms. The molecule has 2 heterocycles. The van der Waals surface area contributed by atoms with Gasteiger partial charge in [-0.15, -0.1) is 0 Å². The molecule has 28 heavy (non-hydrogen) atoms. The molecule has 4 atom stereocenters. The van der Waals surface area contributed by atoms with Crippen LogP contribution < -0.4 is 0 Å². The number of hydrogen-bond donors (Lipinski definition) is 0. The van der Waals surface area contributed by atoms with Crippen molar-refractivity contribution in [3.63, 3.8) is 0 Å². The minimum Gasteiger partial charge on any atom is -0.428 e. The molecule has 1 unspecified atom stereocenters. The largest absolute Gasteiger partial charge is 0.428 e. The topological polar surface area (TPSA) is 97.1 Å². The maximum Gasteiger partial charge on any atom is 0.340 e. The van der Waals surface area contributed by atoms with E-state index < -0.39 is 29.6 Å². The molecule has 1 saturated heterocycles. The summed E-state index contributed by atoms with van der Waals surface area (Å²) in [4.78, 5) is 22.4. The molecule has 2 aromatic carbocycles. The van der Waals surface area contributed by atoms with Crippen LogP contribution in [0.3, 0.4) is 0 Å². The first-order chi connectivity index (χ1) is 13.6. The Bertz CT molecular complexity index is 881. The number of esters is 1. The number of fused-ring (bicyclic) bond motifs is 1. The average molecular weight is 383 g/mol. The number of nitro benzene ring substituents is 1. The third kappa shape index (κ3) is 3.94. The van der Waals surface area contributed by atoms with Crippen LogP contribution in [0.1, 0.15) is 22.2 Å². The molecule has 4 rings (SSSR count). The van der Waals surface area contributed by atoms with E-state index in [1.807, 2.05) is 30.3 Å². The van der Waals surface area contributed by atoms with Gasteiger partial charge in [0.25, 0.3) is 5.69 Å². The lowest BCUT2D eigenvalue weighted by molar-refractivity contribution is -0.384. The van der Waals surface area contributed by atoms with E-state index in [0.29, 0.717) is 6.61 Å². The van der Waals surface area contributed by atoms with Crippen LogP contribution in [0.5, 0.6) is 0 Å². The van der Waals surface area contributed by atoms with Gasteiger partial charge in [-0.25, -0.2) is 4.79 Å². The van der Waals surface area contributed by atoms with Crippen LogP contribution >= 0.6 is 0 Å². The fourth-order valence-corrected chi connectivity index (χ4v) is 3.00. The van der Waals surface area contributed by atoms with Gasteiger partial charge in [0.15, 0.2) is 6.29 Å². The van der Waals surface area contributed by atoms with E-state index in [4.69, 9.17) is 18.9 Å². The predicted octanol–water partition coefficient (Wildman–Crippen LogP) is 3.15. The summed E-state index contributed by atoms with van der Waals surface area (Å²) in [5, 5.41) is 10.7. The lowest BCUT2D eigenvalue weighted by atomic mass is 10.1. The van der Waals surface area contributed by atoms with Gasteiger partial charge in [0, 0.05) is 17.7 Å². The molecule has 2 aliphatic rings. The average Bonchev–Trinajstić information content (AvgIpc) is 2.74. The normalized spacial score (nSPS) is 26.3. The van der Waals surface area contributed by atoms with Gasteiger partial charge in [-0.3, -0.25) is 10.1 Å². The summed E-state index contributed by atoms with van der Waals surface area (Å²) in [5.74, 6) is -0.636. The number of benzene rings is 2. The van der Waals surface area contributed by atoms with E-state index in [1.54, 1.807) is 12.2 Å². The Labute approximate surface area is 160 Å². The smallest absolute Gasteiger partial charge is 0.340 e. The number of carbonyl (C=O) groups is 1. The zero-order chi connectivity index (χ0) is 19.5. The number of nitro groups is 1. The van der Waals surface area contributed by atoms with E-state index in [9.17, 15) is 14.9 Å². The lowest BCUT2D eigenvalue weighted by Gasteiger charge is -2.38. The van der Waals surface area contributed by atoms with Crippen LogP contribution in [-0.4, -0.2) is 36.0 Å². The second-order valence-electron chi connectivity index (χ2n) is 6.31. The zero-order valence-corrected chi connectivity index (χ0v) is 14.7. The van der Waals surface area contributed by atoms with Crippen LogP contribution in [0.4, 0.5) is 5.69 Å². The van der Waals surface area contributed by atoms with Crippen LogP contribution in [0.15, 0.2) is 66.7 Å². The Morgan fingerprint density at radius 1 is 1.04 bits per heavy atom. The molecule has 0 bridgehead atoms. The molecular formula is C20H17NO7. The van der Waals surface area contributed by atoms with Crippen LogP contribution in [0.25, 0.3) is 0 Å². The molecule has 0 saturated carbocycles. The number of ether oxygens (including phenoxy) is 4. The number of hydrogen-bond acceptors (Lipinski definition) is 7. The quantitative estimate of drug-likeness (QED) is 0.346. The van der Waals surface area contributed by atoms with Gasteiger partial charge in [-0.1, -0.05) is 36.4 Å². The lowest BCUT2D eigenvalue weighted by Crippen LogP contribution is -2.46. The van der Waals surface area contributed by atoms with E-state index in [2.05, 4.69) is 0 Å². The van der Waals surface area contributed by atoms with Gasteiger partial charge in [0.1, 0.15) is 12.2 Å². The van der Waals surface area contributed by atoms with Gasteiger partial charge in [0.05, 0.1) is 17.1 Å². The SMILES string of the molecule is O=C(O[C@H]1C=C[C@@H]2OC(c3ccccc3)OC[C@H]2O1)c1ccc([N+](=O)[O-])cc1. The highest BCUT2D eigenvalue weighted by atomic mass is 16.7. The molecule has 8 heteroatoms. The van der Waals surface area contributed by atoms with Gasteiger partial charge in [-0.2, -0.15) is 0 Å². The highest BCUT2D eigenvalue weighted by Crippen LogP contribution is 2.31. The Morgan fingerprint density at radius 2 is 1.79 bits per heavy atom. The standard InChI is InChI=1S/C20H17NO7/c22-19(13-6-8-15(9-7-13)21(23)24)28-18-11-10-16-17(26-18)12-25-20(27-16)14-4-2-1-3-5-14/h1-11,16-18,20H,12H2/t16-,17+,18-,20?/m0/s1. The summed E-state index contributed by atoms with van der Waals surface area (Å²) >= 11 is 0. The van der Waals surface area contributed by atoms with Gasteiger partial charge in [-0.05, 0) is 18.2 Å². The second kappa shape index (κ2) is 7.89. The molecule has 2 aromatic rings. The van der Waals surface area contributed by atoms with Crippen LogP contribution in [0, 0.1) is 10.1 Å². The first kappa shape index (κ1) is 18.3. The van der Waals surface area contributed by atoms with Crippen LogP contribution in [0.2, 0.25) is 0 Å². The third-order valence-electron chi connectivity index (χ3n) is 4.43. The first-order valence-electron chi connectivity index (χ1n) is 8.71. The van der Waals surface area contributed by atoms with Crippen molar-refractivity contribution in [2.45, 2.75) is 24.8 Å². The number of non-ortho nitro benzene ring substituents is 1. The summed E-state index contributed by atoms with van der Waals surface area (Å²) < 4.78 is 22.7. The van der Waals surface area contributed by atoms with Crippen LogP contribution in [-0.2, 0) is 18.9 Å². The number of nitrogens with zero attached hydrogens (tertiary/aromatic N) is 1. The summed E-state index contributed by atoms with van der Waals surface area (Å²) in [5.41, 5.74) is 1.02. The minimum absolute atomic E-state index is 0.0994. The number of rotatable bonds is 4. The molecule has 0 N–H and O–H groups in total. The fraction of sp³-hybridized carbons (Fsp3) is 0.250. The second-order valence-corrected chi connectivity index (χ2v) is 6.31. The van der Waals surface area contributed by atoms with E-state index >= 15 is 0 Å². The monoisotopic (exact) mass is 383 g/mol. The van der Waals surface area contributed by atoms with Crippen molar-refractivity contribution >= 4 is 11.7 Å². The van der Waals surface area contributed by atoms with Crippen molar-refractivity contribution in [1.29, 1.82) is 0 Å². The fourth-order valence-electron chi connectivity index (χ4n) is 3.00. The Morgan fingerprint density at radius 3 is 2.50 bits per heavy atom. The minimum atomic E-state index is -0.885. The van der Waals surface area contributed by atoms with Crippen molar-refractivity contribution in [1.82, 2.24) is 0 Å². The predicted molar refractivity (Wildman–Crippen MR) is 96.3 cm³/mol. The first-order valence-corrected chi connectivity index (χ1v) is 8.71. The van der Waals surface area contributed by atoms with Crippen molar-refractivity contribution in [3.05, 3.63) is 88.0 Å². The molecule has 144 valence electrons. The van der Waals surface area contributed by atoms with Gasteiger partial charge >= 0.3 is 5.97 Å². The molecule has 2 aliphatic heterocycles. The number of carbonyl (C=O) groups excluding carboxylic acids is 1. The maximum atomic E-state index is 12.2. The van der Waals surface area contributed by atoms with E-state index in [1.165, 1.54) is 24.3 Å². The third-order valence-corrected chi connectivity index (χ3v) is 4.43. The molecule has 0 radical (unpaired) electrons. The summed E-state index contributed by atoms with van der Waals surface area (Å²) in [6, 6.07) is 14.8. The molecule has 0 amide bonds. The molecule has 8 nitrogen and oxygen atoms in total. The van der Waals surface area contributed by atoms with Gasteiger partial charge < -0.3 is 18.9 Å². The Kier molecular flexibility index (Phi) is 5.16. The molecular weight excluding hydrogens is 366 g/mol. The van der Waals surface area contributed by atoms with Crippen molar-refractivity contribution in [2.75, 3.05) is 6.61 Å². The molecule has 0 aliphatic carbocycles. The summed E-state index contributed by atoms with van der Waals surface area (Å²) in [6.07, 6.45) is 1.32.